The lowest BCUT2D eigenvalue weighted by atomic mass is 9.92. The van der Waals surface area contributed by atoms with Gasteiger partial charge in [0.15, 0.2) is 0 Å². The van der Waals surface area contributed by atoms with Crippen LogP contribution in [-0.4, -0.2) is 19.7 Å². The monoisotopic (exact) mass is 261 g/mol. The zero-order valence-electron chi connectivity index (χ0n) is 10.9. The maximum absolute atomic E-state index is 5.29. The van der Waals surface area contributed by atoms with Gasteiger partial charge in [0, 0.05) is 15.6 Å². The maximum Gasteiger partial charge on any atom is 0.120 e. The molecule has 1 fully saturated rings. The van der Waals surface area contributed by atoms with Crippen molar-refractivity contribution >= 4 is 21.4 Å². The first-order valence-corrected chi connectivity index (χ1v) is 7.39. The highest BCUT2D eigenvalue weighted by molar-refractivity contribution is 7.19. The van der Waals surface area contributed by atoms with Crippen molar-refractivity contribution in [1.82, 2.24) is 5.32 Å². The Labute approximate surface area is 112 Å². The number of hydrogen-bond donors (Lipinski definition) is 1. The predicted molar refractivity (Wildman–Crippen MR) is 77.8 cm³/mol. The molecule has 2 atom stereocenters. The molecule has 3 rings (SSSR count). The van der Waals surface area contributed by atoms with Crippen LogP contribution in [0.15, 0.2) is 24.3 Å². The Kier molecular flexibility index (Phi) is 3.27. The fraction of sp³-hybridized carbons (Fsp3) is 0.467. The van der Waals surface area contributed by atoms with Gasteiger partial charge in [-0.1, -0.05) is 0 Å². The van der Waals surface area contributed by atoms with Crippen molar-refractivity contribution in [3.05, 3.63) is 29.1 Å². The minimum atomic E-state index is 0.642. The van der Waals surface area contributed by atoms with Crippen LogP contribution >= 0.6 is 11.3 Å². The van der Waals surface area contributed by atoms with E-state index in [1.807, 2.05) is 17.4 Å². The number of rotatable bonds is 2. The van der Waals surface area contributed by atoms with E-state index in [-0.39, 0.29) is 0 Å². The van der Waals surface area contributed by atoms with Gasteiger partial charge in [-0.3, -0.25) is 0 Å². The molecular weight excluding hydrogens is 242 g/mol. The summed E-state index contributed by atoms with van der Waals surface area (Å²) >= 11 is 1.93. The molecule has 2 aromatic rings. The topological polar surface area (TPSA) is 21.3 Å². The van der Waals surface area contributed by atoms with Crippen molar-refractivity contribution in [2.45, 2.75) is 31.7 Å². The molecule has 0 radical (unpaired) electrons. The predicted octanol–water partition coefficient (Wildman–Crippen LogP) is 3.77. The van der Waals surface area contributed by atoms with Crippen molar-refractivity contribution in [1.29, 1.82) is 0 Å². The second-order valence-electron chi connectivity index (χ2n) is 5.13. The van der Waals surface area contributed by atoms with E-state index in [1.54, 1.807) is 7.11 Å². The number of methoxy groups -OCH3 is 1. The Morgan fingerprint density at radius 3 is 3.00 bits per heavy atom. The summed E-state index contributed by atoms with van der Waals surface area (Å²) in [6.45, 7) is 3.42. The summed E-state index contributed by atoms with van der Waals surface area (Å²) in [6, 6.07) is 9.36. The molecule has 0 spiro atoms. The summed E-state index contributed by atoms with van der Waals surface area (Å²) in [4.78, 5) is 1.53. The van der Waals surface area contributed by atoms with Crippen molar-refractivity contribution in [2.75, 3.05) is 13.7 Å². The molecule has 2 heterocycles. The molecule has 1 N–H and O–H groups in total. The van der Waals surface area contributed by atoms with Crippen molar-refractivity contribution in [2.24, 2.45) is 0 Å². The number of fused-ring (bicyclic) bond motifs is 1. The van der Waals surface area contributed by atoms with Gasteiger partial charge in [0.1, 0.15) is 5.75 Å². The largest absolute Gasteiger partial charge is 0.497 e. The molecule has 1 aromatic heterocycles. The van der Waals surface area contributed by atoms with Crippen LogP contribution < -0.4 is 10.1 Å². The van der Waals surface area contributed by atoms with Crippen LogP contribution in [-0.2, 0) is 0 Å². The van der Waals surface area contributed by atoms with Crippen molar-refractivity contribution in [3.8, 4) is 5.75 Å². The van der Waals surface area contributed by atoms with E-state index >= 15 is 0 Å². The lowest BCUT2D eigenvalue weighted by Gasteiger charge is -2.27. The number of piperidine rings is 1. The quantitative estimate of drug-likeness (QED) is 0.888. The van der Waals surface area contributed by atoms with Gasteiger partial charge in [-0.2, -0.15) is 0 Å². The Morgan fingerprint density at radius 1 is 1.33 bits per heavy atom. The van der Waals surface area contributed by atoms with E-state index in [2.05, 4.69) is 30.4 Å². The first-order valence-electron chi connectivity index (χ1n) is 6.57. The zero-order chi connectivity index (χ0) is 12.5. The van der Waals surface area contributed by atoms with E-state index in [1.165, 1.54) is 27.8 Å². The maximum atomic E-state index is 5.29. The lowest BCUT2D eigenvalue weighted by Crippen LogP contribution is -2.34. The highest BCUT2D eigenvalue weighted by Crippen LogP contribution is 2.37. The van der Waals surface area contributed by atoms with Gasteiger partial charge in [0.25, 0.3) is 0 Å². The fourth-order valence-corrected chi connectivity index (χ4v) is 3.99. The van der Waals surface area contributed by atoms with Gasteiger partial charge in [0.05, 0.1) is 7.11 Å². The van der Waals surface area contributed by atoms with Crippen LogP contribution in [0.5, 0.6) is 5.75 Å². The number of hydrogen-bond acceptors (Lipinski definition) is 3. The molecule has 0 aliphatic carbocycles. The Morgan fingerprint density at radius 2 is 2.22 bits per heavy atom. The normalized spacial score (nSPS) is 24.3. The van der Waals surface area contributed by atoms with E-state index in [9.17, 15) is 0 Å². The molecule has 1 aromatic carbocycles. The second kappa shape index (κ2) is 4.90. The molecule has 3 heteroatoms. The van der Waals surface area contributed by atoms with Gasteiger partial charge in [-0.25, -0.2) is 0 Å². The third-order valence-electron chi connectivity index (χ3n) is 3.77. The van der Waals surface area contributed by atoms with Gasteiger partial charge in [-0.15, -0.1) is 11.3 Å². The molecule has 0 saturated carbocycles. The second-order valence-corrected chi connectivity index (χ2v) is 6.24. The van der Waals surface area contributed by atoms with Crippen molar-refractivity contribution in [3.63, 3.8) is 0 Å². The molecule has 2 nitrogen and oxygen atoms in total. The fourth-order valence-electron chi connectivity index (χ4n) is 2.75. The Balaban J connectivity index is 1.92. The van der Waals surface area contributed by atoms with E-state index in [4.69, 9.17) is 4.74 Å². The van der Waals surface area contributed by atoms with Crippen LogP contribution in [0, 0.1) is 0 Å². The molecular formula is C15H19NOS. The molecule has 0 amide bonds. The summed E-state index contributed by atoms with van der Waals surface area (Å²) in [5.41, 5.74) is 0. The molecule has 1 aliphatic heterocycles. The van der Waals surface area contributed by atoms with Crippen LogP contribution in [0.4, 0.5) is 0 Å². The van der Waals surface area contributed by atoms with Crippen molar-refractivity contribution < 1.29 is 4.74 Å². The highest BCUT2D eigenvalue weighted by Gasteiger charge is 2.21. The first kappa shape index (κ1) is 12.0. The van der Waals surface area contributed by atoms with Gasteiger partial charge in [-0.05, 0) is 61.9 Å². The summed E-state index contributed by atoms with van der Waals surface area (Å²) in [6.07, 6.45) is 2.51. The number of nitrogens with one attached hydrogen (secondary N) is 1. The Bertz CT molecular complexity index is 548. The standard InChI is InChI=1S/C15H19NOS/c1-10-7-12(5-6-16-10)14-8-11-3-4-13(17-2)9-15(11)18-14/h3-4,8-10,12,16H,5-7H2,1-2H3/t10-,12-/m1/s1. The summed E-state index contributed by atoms with van der Waals surface area (Å²) < 4.78 is 6.63. The molecule has 1 aliphatic rings. The Hall–Kier alpha value is -1.06. The van der Waals surface area contributed by atoms with Gasteiger partial charge < -0.3 is 10.1 Å². The molecule has 96 valence electrons. The van der Waals surface area contributed by atoms with E-state index < -0.39 is 0 Å². The molecule has 18 heavy (non-hydrogen) atoms. The summed E-state index contributed by atoms with van der Waals surface area (Å²) in [5.74, 6) is 1.68. The van der Waals surface area contributed by atoms with Crippen LogP contribution in [0.2, 0.25) is 0 Å². The third-order valence-corrected chi connectivity index (χ3v) is 5.03. The van der Waals surface area contributed by atoms with E-state index in [0.29, 0.717) is 6.04 Å². The zero-order valence-corrected chi connectivity index (χ0v) is 11.7. The molecule has 0 unspecified atom stereocenters. The highest BCUT2D eigenvalue weighted by atomic mass is 32.1. The number of ether oxygens (including phenoxy) is 1. The van der Waals surface area contributed by atoms with Crippen LogP contribution in [0.25, 0.3) is 10.1 Å². The average Bonchev–Trinajstić information content (AvgIpc) is 2.81. The minimum absolute atomic E-state index is 0.642. The SMILES string of the molecule is COc1ccc2cc([C@@H]3CCN[C@H](C)C3)sc2c1. The average molecular weight is 261 g/mol. The lowest BCUT2D eigenvalue weighted by molar-refractivity contribution is 0.384. The summed E-state index contributed by atoms with van der Waals surface area (Å²) in [5, 5.41) is 4.87. The first-order chi connectivity index (χ1) is 8.76. The third kappa shape index (κ3) is 2.25. The summed E-state index contributed by atoms with van der Waals surface area (Å²) in [7, 11) is 1.73. The van der Waals surface area contributed by atoms with E-state index in [0.717, 1.165) is 18.2 Å². The number of benzene rings is 1. The smallest absolute Gasteiger partial charge is 0.120 e. The molecule has 0 bridgehead atoms. The van der Waals surface area contributed by atoms with Gasteiger partial charge >= 0.3 is 0 Å². The van der Waals surface area contributed by atoms with Crippen LogP contribution in [0.1, 0.15) is 30.6 Å². The molecule has 1 saturated heterocycles. The van der Waals surface area contributed by atoms with Crippen LogP contribution in [0.3, 0.4) is 0 Å². The number of thiophene rings is 1. The minimum Gasteiger partial charge on any atom is -0.497 e. The van der Waals surface area contributed by atoms with Gasteiger partial charge in [0.2, 0.25) is 0 Å².